The molecule has 224 valence electrons. The number of nitrogen functional groups attached to an aromatic ring is 2. The highest BCUT2D eigenvalue weighted by Gasteiger charge is 2.23. The van der Waals surface area contributed by atoms with E-state index in [-0.39, 0.29) is 5.41 Å². The molecular weight excluding hydrogens is 552 g/mol. The number of hydrogen-bond donors (Lipinski definition) is 2. The molecule has 0 aliphatic heterocycles. The minimum atomic E-state index is -0.112. The second-order valence-corrected chi connectivity index (χ2v) is 12.0. The largest absolute Gasteiger partial charge is 0.457 e. The minimum Gasteiger partial charge on any atom is -0.457 e. The van der Waals surface area contributed by atoms with Gasteiger partial charge < -0.3 is 20.9 Å². The predicted octanol–water partition coefficient (Wildman–Crippen LogP) is 9.94. The van der Waals surface area contributed by atoms with Crippen LogP contribution in [0.2, 0.25) is 0 Å². The van der Waals surface area contributed by atoms with Gasteiger partial charge in [-0.15, -0.1) is 0 Å². The van der Waals surface area contributed by atoms with E-state index >= 15 is 0 Å². The number of anilines is 2. The predicted molar refractivity (Wildman–Crippen MR) is 185 cm³/mol. The Morgan fingerprint density at radius 1 is 0.378 bits per heavy atom. The van der Waals surface area contributed by atoms with Crippen LogP contribution in [0.3, 0.4) is 0 Å². The number of nitrogens with two attached hydrogens (primary N) is 2. The lowest BCUT2D eigenvalue weighted by molar-refractivity contribution is 0.482. The molecule has 6 aromatic carbocycles. The quantitative estimate of drug-likeness (QED) is 0.156. The molecule has 0 saturated carbocycles. The summed E-state index contributed by atoms with van der Waals surface area (Å²) in [5.74, 6) is 3.17. The summed E-state index contributed by atoms with van der Waals surface area (Å²) in [5, 5.41) is 0. The molecule has 0 radical (unpaired) electrons. The third kappa shape index (κ3) is 7.54. The fraction of sp³-hybridized carbons (Fsp3) is 0.122. The van der Waals surface area contributed by atoms with Gasteiger partial charge in [0.2, 0.25) is 0 Å². The van der Waals surface area contributed by atoms with Gasteiger partial charge >= 0.3 is 0 Å². The molecular formula is C41H38N2O2. The van der Waals surface area contributed by atoms with E-state index in [1.165, 1.54) is 33.4 Å². The number of rotatable bonds is 10. The molecule has 0 spiro atoms. The van der Waals surface area contributed by atoms with E-state index in [4.69, 9.17) is 20.9 Å². The van der Waals surface area contributed by atoms with E-state index in [1.54, 1.807) is 0 Å². The van der Waals surface area contributed by atoms with E-state index in [1.807, 2.05) is 72.8 Å². The third-order valence-electron chi connectivity index (χ3n) is 8.25. The first-order valence-corrected chi connectivity index (χ1v) is 15.2. The molecule has 4 nitrogen and oxygen atoms in total. The monoisotopic (exact) mass is 590 g/mol. The van der Waals surface area contributed by atoms with Crippen LogP contribution in [-0.2, 0) is 18.3 Å². The average Bonchev–Trinajstić information content (AvgIpc) is 3.06. The molecule has 0 fully saturated rings. The zero-order valence-corrected chi connectivity index (χ0v) is 25.7. The van der Waals surface area contributed by atoms with Crippen molar-refractivity contribution in [3.63, 3.8) is 0 Å². The third-order valence-corrected chi connectivity index (χ3v) is 8.25. The van der Waals surface area contributed by atoms with Crippen molar-refractivity contribution in [1.82, 2.24) is 0 Å². The highest BCUT2D eigenvalue weighted by atomic mass is 16.5. The standard InChI is InChI=1S/C41H38N2O2/c1-41(2,33-11-3-29(4-12-33)27-31-7-19-37(20-8-31)44-39-23-15-35(42)16-24-39)34-13-5-30(6-14-34)28-32-9-21-38(22-10-32)45-40-25-17-36(43)18-26-40/h3-26H,27-28,42-43H2,1-2H3. The second kappa shape index (κ2) is 13.0. The maximum absolute atomic E-state index is 5.93. The fourth-order valence-electron chi connectivity index (χ4n) is 5.41. The first-order chi connectivity index (χ1) is 21.8. The zero-order valence-electron chi connectivity index (χ0n) is 25.7. The molecule has 0 unspecified atom stereocenters. The molecule has 0 aliphatic rings. The topological polar surface area (TPSA) is 70.5 Å². The molecule has 0 heterocycles. The highest BCUT2D eigenvalue weighted by Crippen LogP contribution is 2.33. The Bertz CT molecular complexity index is 1690. The molecule has 0 amide bonds. The van der Waals surface area contributed by atoms with Crippen LogP contribution in [0.15, 0.2) is 146 Å². The van der Waals surface area contributed by atoms with Gasteiger partial charge in [0.15, 0.2) is 0 Å². The molecule has 6 aromatic rings. The van der Waals surface area contributed by atoms with E-state index < -0.39 is 0 Å². The van der Waals surface area contributed by atoms with Crippen molar-refractivity contribution in [3.05, 3.63) is 179 Å². The van der Waals surface area contributed by atoms with Gasteiger partial charge in [0.05, 0.1) is 0 Å². The van der Waals surface area contributed by atoms with E-state index in [0.717, 1.165) is 47.2 Å². The Morgan fingerprint density at radius 3 is 0.911 bits per heavy atom. The summed E-state index contributed by atoms with van der Waals surface area (Å²) < 4.78 is 11.9. The van der Waals surface area contributed by atoms with Crippen molar-refractivity contribution in [2.24, 2.45) is 0 Å². The lowest BCUT2D eigenvalue weighted by atomic mass is 9.77. The van der Waals surface area contributed by atoms with Gasteiger partial charge in [-0.05, 0) is 119 Å². The lowest BCUT2D eigenvalue weighted by Gasteiger charge is -2.26. The zero-order chi connectivity index (χ0) is 31.2. The summed E-state index contributed by atoms with van der Waals surface area (Å²) in [6.07, 6.45) is 1.73. The fourth-order valence-corrected chi connectivity index (χ4v) is 5.41. The summed E-state index contributed by atoms with van der Waals surface area (Å²) in [5.41, 5.74) is 20.5. The van der Waals surface area contributed by atoms with Gasteiger partial charge in [-0.3, -0.25) is 0 Å². The first-order valence-electron chi connectivity index (χ1n) is 15.2. The van der Waals surface area contributed by atoms with Crippen LogP contribution >= 0.6 is 0 Å². The maximum atomic E-state index is 5.93. The molecule has 0 saturated heterocycles. The van der Waals surface area contributed by atoms with Crippen LogP contribution in [-0.4, -0.2) is 0 Å². The Hall–Kier alpha value is -5.48. The lowest BCUT2D eigenvalue weighted by Crippen LogP contribution is -2.18. The van der Waals surface area contributed by atoms with Gasteiger partial charge in [0.1, 0.15) is 23.0 Å². The second-order valence-electron chi connectivity index (χ2n) is 12.0. The summed E-state index contributed by atoms with van der Waals surface area (Å²) in [7, 11) is 0. The van der Waals surface area contributed by atoms with Crippen molar-refractivity contribution in [3.8, 4) is 23.0 Å². The Labute approximate surface area is 265 Å². The average molecular weight is 591 g/mol. The van der Waals surface area contributed by atoms with Crippen molar-refractivity contribution < 1.29 is 9.47 Å². The van der Waals surface area contributed by atoms with Crippen LogP contribution in [0, 0.1) is 0 Å². The number of ether oxygens (including phenoxy) is 2. The number of hydrogen-bond acceptors (Lipinski definition) is 4. The van der Waals surface area contributed by atoms with Crippen molar-refractivity contribution in [2.75, 3.05) is 11.5 Å². The van der Waals surface area contributed by atoms with Crippen molar-refractivity contribution >= 4 is 11.4 Å². The summed E-state index contributed by atoms with van der Waals surface area (Å²) in [4.78, 5) is 0. The van der Waals surface area contributed by atoms with Crippen LogP contribution in [0.1, 0.15) is 47.2 Å². The van der Waals surface area contributed by atoms with Gasteiger partial charge in [-0.2, -0.15) is 0 Å². The molecule has 45 heavy (non-hydrogen) atoms. The summed E-state index contributed by atoms with van der Waals surface area (Å²) in [6.45, 7) is 4.58. The molecule has 0 atom stereocenters. The van der Waals surface area contributed by atoms with Crippen LogP contribution in [0.4, 0.5) is 11.4 Å². The molecule has 0 aliphatic carbocycles. The van der Waals surface area contributed by atoms with Crippen LogP contribution < -0.4 is 20.9 Å². The van der Waals surface area contributed by atoms with Gasteiger partial charge in [-0.1, -0.05) is 86.6 Å². The number of benzene rings is 6. The minimum absolute atomic E-state index is 0.112. The molecule has 4 N–H and O–H groups in total. The summed E-state index contributed by atoms with van der Waals surface area (Å²) >= 11 is 0. The Balaban J connectivity index is 1.04. The normalized spacial score (nSPS) is 11.2. The van der Waals surface area contributed by atoms with Crippen LogP contribution in [0.25, 0.3) is 0 Å². The molecule has 0 aromatic heterocycles. The Kier molecular flexibility index (Phi) is 8.56. The maximum Gasteiger partial charge on any atom is 0.127 e. The SMILES string of the molecule is CC(C)(c1ccc(Cc2ccc(Oc3ccc(N)cc3)cc2)cc1)c1ccc(Cc2ccc(Oc3ccc(N)cc3)cc2)cc1. The molecule has 4 heteroatoms. The van der Waals surface area contributed by atoms with Crippen molar-refractivity contribution in [1.29, 1.82) is 0 Å². The smallest absolute Gasteiger partial charge is 0.127 e. The molecule has 6 rings (SSSR count). The van der Waals surface area contributed by atoms with Gasteiger partial charge in [0, 0.05) is 16.8 Å². The van der Waals surface area contributed by atoms with Gasteiger partial charge in [0.25, 0.3) is 0 Å². The Morgan fingerprint density at radius 2 is 0.622 bits per heavy atom. The van der Waals surface area contributed by atoms with Crippen molar-refractivity contribution in [2.45, 2.75) is 32.1 Å². The van der Waals surface area contributed by atoms with Crippen LogP contribution in [0.5, 0.6) is 23.0 Å². The summed E-state index contributed by atoms with van der Waals surface area (Å²) in [6, 6.07) is 49.4. The first kappa shape index (κ1) is 29.6. The van der Waals surface area contributed by atoms with E-state index in [0.29, 0.717) is 0 Å². The molecule has 0 bridgehead atoms. The van der Waals surface area contributed by atoms with E-state index in [2.05, 4.69) is 86.6 Å². The van der Waals surface area contributed by atoms with Gasteiger partial charge in [-0.25, -0.2) is 0 Å². The van der Waals surface area contributed by atoms with E-state index in [9.17, 15) is 0 Å². The highest BCUT2D eigenvalue weighted by molar-refractivity contribution is 5.45.